The van der Waals surface area contributed by atoms with Crippen LogP contribution in [0.15, 0.2) is 23.8 Å². The van der Waals surface area contributed by atoms with Gasteiger partial charge in [-0.25, -0.2) is 0 Å². The topological polar surface area (TPSA) is 204 Å². The van der Waals surface area contributed by atoms with E-state index >= 15 is 0 Å². The molecule has 13 heteroatoms. The highest BCUT2D eigenvalue weighted by Gasteiger charge is 2.53. The standard InChI is InChI=1S/C23H29NO12/c1-8(22(32)24-13-14(27)16(29)21-20(15(13)28)33-7-34-21)5-10-3-4-12(11(26)6-10)35-23-18(31)17(30)19(36-23)9(2)25/h3-6,13-21,23,26-31H,7H2,1-2H3,(H,24,32)/b8-5-. The number of fused-ring (bicyclic) bond motifs is 1. The molecule has 36 heavy (non-hydrogen) atoms. The number of benzene rings is 1. The summed E-state index contributed by atoms with van der Waals surface area (Å²) in [5.74, 6) is -1.59. The van der Waals surface area contributed by atoms with Crippen LogP contribution in [0.5, 0.6) is 11.5 Å². The van der Waals surface area contributed by atoms with Gasteiger partial charge in [-0.2, -0.15) is 0 Å². The summed E-state index contributed by atoms with van der Waals surface area (Å²) in [6, 6.07) is 2.90. The summed E-state index contributed by atoms with van der Waals surface area (Å²) in [7, 11) is 0. The molecule has 2 heterocycles. The van der Waals surface area contributed by atoms with E-state index in [4.69, 9.17) is 18.9 Å². The molecule has 1 saturated carbocycles. The van der Waals surface area contributed by atoms with Crippen molar-refractivity contribution in [1.29, 1.82) is 0 Å². The third-order valence-corrected chi connectivity index (χ3v) is 6.49. The first kappa shape index (κ1) is 26.4. The van der Waals surface area contributed by atoms with Crippen LogP contribution in [0, 0.1) is 0 Å². The quantitative estimate of drug-likeness (QED) is 0.199. The lowest BCUT2D eigenvalue weighted by molar-refractivity contribution is -0.155. The summed E-state index contributed by atoms with van der Waals surface area (Å²) in [5, 5.41) is 63.9. The Morgan fingerprint density at radius 3 is 2.25 bits per heavy atom. The van der Waals surface area contributed by atoms with E-state index in [1.165, 1.54) is 38.1 Å². The Bertz CT molecular complexity index is 1030. The minimum Gasteiger partial charge on any atom is -0.504 e. The Balaban J connectivity index is 1.41. The van der Waals surface area contributed by atoms with Crippen LogP contribution in [-0.4, -0.2) is 110 Å². The van der Waals surface area contributed by atoms with Crippen molar-refractivity contribution in [1.82, 2.24) is 5.32 Å². The van der Waals surface area contributed by atoms with Gasteiger partial charge in [0, 0.05) is 5.57 Å². The second kappa shape index (κ2) is 10.4. The van der Waals surface area contributed by atoms with Crippen LogP contribution >= 0.6 is 0 Å². The fraction of sp³-hybridized carbons (Fsp3) is 0.565. The van der Waals surface area contributed by atoms with E-state index in [1.807, 2.05) is 0 Å². The first-order valence-corrected chi connectivity index (χ1v) is 11.3. The number of Topliss-reactive ketones (excluding diaryl/α,β-unsaturated/α-hetero) is 1. The molecular weight excluding hydrogens is 482 g/mol. The minimum absolute atomic E-state index is 0.0921. The lowest BCUT2D eigenvalue weighted by Gasteiger charge is -2.41. The van der Waals surface area contributed by atoms with Gasteiger partial charge in [-0.15, -0.1) is 0 Å². The highest BCUT2D eigenvalue weighted by atomic mass is 16.7. The van der Waals surface area contributed by atoms with Crippen LogP contribution in [0.3, 0.4) is 0 Å². The van der Waals surface area contributed by atoms with Crippen molar-refractivity contribution in [3.8, 4) is 11.5 Å². The Hall–Kier alpha value is -2.62. The van der Waals surface area contributed by atoms with Gasteiger partial charge in [0.05, 0.1) is 6.04 Å². The normalized spacial score (nSPS) is 38.5. The molecule has 0 radical (unpaired) electrons. The van der Waals surface area contributed by atoms with Crippen LogP contribution in [-0.2, 0) is 23.8 Å². The van der Waals surface area contributed by atoms with Crippen LogP contribution < -0.4 is 10.1 Å². The first-order valence-electron chi connectivity index (χ1n) is 11.3. The average Bonchev–Trinajstić information content (AvgIpc) is 3.43. The van der Waals surface area contributed by atoms with Gasteiger partial charge < -0.3 is 54.9 Å². The maximum Gasteiger partial charge on any atom is 0.247 e. The molecule has 13 nitrogen and oxygen atoms in total. The second-order valence-electron chi connectivity index (χ2n) is 9.04. The van der Waals surface area contributed by atoms with Crippen molar-refractivity contribution in [2.75, 3.05) is 6.79 Å². The average molecular weight is 511 g/mol. The molecule has 10 atom stereocenters. The van der Waals surface area contributed by atoms with Crippen LogP contribution in [0.2, 0.25) is 0 Å². The summed E-state index contributed by atoms with van der Waals surface area (Å²) in [5.41, 5.74) is 0.545. The number of hydrogen-bond acceptors (Lipinski definition) is 12. The molecule has 2 aliphatic heterocycles. The number of rotatable bonds is 6. The molecule has 1 aliphatic carbocycles. The molecule has 7 N–H and O–H groups in total. The second-order valence-corrected chi connectivity index (χ2v) is 9.04. The molecule has 1 amide bonds. The van der Waals surface area contributed by atoms with Crippen molar-refractivity contribution in [3.63, 3.8) is 0 Å². The fourth-order valence-electron chi connectivity index (χ4n) is 4.46. The number of ether oxygens (including phenoxy) is 4. The van der Waals surface area contributed by atoms with Gasteiger partial charge in [0.2, 0.25) is 12.2 Å². The van der Waals surface area contributed by atoms with Crippen LogP contribution in [0.4, 0.5) is 0 Å². The van der Waals surface area contributed by atoms with Crippen LogP contribution in [0.25, 0.3) is 6.08 Å². The lowest BCUT2D eigenvalue weighted by atomic mass is 9.83. The van der Waals surface area contributed by atoms with E-state index in [-0.39, 0.29) is 23.9 Å². The number of aliphatic hydroxyl groups is 5. The number of amides is 1. The van der Waals surface area contributed by atoms with E-state index in [0.29, 0.717) is 5.56 Å². The number of ketones is 1. The largest absolute Gasteiger partial charge is 0.504 e. The van der Waals surface area contributed by atoms with Crippen molar-refractivity contribution in [3.05, 3.63) is 29.3 Å². The maximum atomic E-state index is 12.7. The predicted octanol–water partition coefficient (Wildman–Crippen LogP) is -2.47. The number of aromatic hydroxyl groups is 1. The number of nitrogens with one attached hydrogen (secondary N) is 1. The van der Waals surface area contributed by atoms with E-state index in [2.05, 4.69) is 5.32 Å². The molecular formula is C23H29NO12. The number of carbonyl (C=O) groups is 2. The zero-order valence-corrected chi connectivity index (χ0v) is 19.4. The number of phenols is 1. The highest BCUT2D eigenvalue weighted by molar-refractivity contribution is 5.97. The Morgan fingerprint density at radius 1 is 0.972 bits per heavy atom. The number of phenolic OH excluding ortho intramolecular Hbond substituents is 1. The minimum atomic E-state index is -1.51. The molecule has 4 rings (SSSR count). The Kier molecular flexibility index (Phi) is 7.64. The molecule has 3 aliphatic rings. The Morgan fingerprint density at radius 2 is 1.64 bits per heavy atom. The molecule has 0 aromatic heterocycles. The zero-order valence-electron chi connectivity index (χ0n) is 19.4. The first-order chi connectivity index (χ1) is 17.0. The van der Waals surface area contributed by atoms with Gasteiger partial charge in [-0.05, 0) is 37.6 Å². The van der Waals surface area contributed by atoms with E-state index in [9.17, 15) is 40.2 Å². The Labute approximate surface area is 205 Å². The molecule has 0 spiro atoms. The van der Waals surface area contributed by atoms with Crippen molar-refractivity contribution >= 4 is 17.8 Å². The highest BCUT2D eigenvalue weighted by Crippen LogP contribution is 2.33. The van der Waals surface area contributed by atoms with Gasteiger partial charge in [0.25, 0.3) is 0 Å². The molecule has 3 fully saturated rings. The summed E-state index contributed by atoms with van der Waals surface area (Å²) in [4.78, 5) is 24.2. The number of carbonyl (C=O) groups excluding carboxylic acids is 2. The van der Waals surface area contributed by atoms with E-state index in [0.717, 1.165) is 0 Å². The van der Waals surface area contributed by atoms with Gasteiger partial charge in [0.15, 0.2) is 17.3 Å². The molecule has 2 saturated heterocycles. The molecule has 1 aromatic rings. The number of hydrogen-bond donors (Lipinski definition) is 7. The van der Waals surface area contributed by atoms with Gasteiger partial charge >= 0.3 is 0 Å². The van der Waals surface area contributed by atoms with Gasteiger partial charge in [-0.3, -0.25) is 9.59 Å². The monoisotopic (exact) mass is 511 g/mol. The van der Waals surface area contributed by atoms with E-state index < -0.39 is 72.9 Å². The summed E-state index contributed by atoms with van der Waals surface area (Å²) >= 11 is 0. The lowest BCUT2D eigenvalue weighted by Crippen LogP contribution is -2.67. The molecule has 198 valence electrons. The van der Waals surface area contributed by atoms with Gasteiger partial charge in [0.1, 0.15) is 55.6 Å². The van der Waals surface area contributed by atoms with Crippen molar-refractivity contribution in [2.24, 2.45) is 0 Å². The molecule has 0 bridgehead atoms. The zero-order chi connectivity index (χ0) is 26.3. The molecule has 10 unspecified atom stereocenters. The smallest absolute Gasteiger partial charge is 0.247 e. The predicted molar refractivity (Wildman–Crippen MR) is 118 cm³/mol. The summed E-state index contributed by atoms with van der Waals surface area (Å²) in [6.07, 6.45) is -10.2. The SMILES string of the molecule is CC(=O)C1OC(Oc2ccc(/C=C(/C)C(=O)NC3C(O)C(O)C4OCOC4C3O)cc2O)C(O)C1O. The van der Waals surface area contributed by atoms with Crippen LogP contribution in [0.1, 0.15) is 19.4 Å². The summed E-state index contributed by atoms with van der Waals surface area (Å²) in [6.45, 7) is 2.52. The summed E-state index contributed by atoms with van der Waals surface area (Å²) < 4.78 is 21.1. The number of aliphatic hydroxyl groups excluding tert-OH is 5. The van der Waals surface area contributed by atoms with Crippen molar-refractivity contribution < 1.29 is 59.2 Å². The third-order valence-electron chi connectivity index (χ3n) is 6.49. The van der Waals surface area contributed by atoms with Crippen molar-refractivity contribution in [2.45, 2.75) is 75.0 Å². The molecule has 1 aromatic carbocycles. The fourth-order valence-corrected chi connectivity index (χ4v) is 4.46. The van der Waals surface area contributed by atoms with Gasteiger partial charge in [-0.1, -0.05) is 6.07 Å². The van der Waals surface area contributed by atoms with E-state index in [1.54, 1.807) is 0 Å². The third kappa shape index (κ3) is 4.96. The maximum absolute atomic E-state index is 12.7.